The quantitative estimate of drug-likeness (QED) is 0.242. The summed E-state index contributed by atoms with van der Waals surface area (Å²) < 4.78 is 6.13. The molecular formula is C24H24N4O5S. The fraction of sp³-hybridized carbons (Fsp3) is 0.167. The van der Waals surface area contributed by atoms with Gasteiger partial charge in [0.25, 0.3) is 11.6 Å². The summed E-state index contributed by atoms with van der Waals surface area (Å²) in [5.74, 6) is -0.260. The van der Waals surface area contributed by atoms with Crippen molar-refractivity contribution in [2.24, 2.45) is 0 Å². The van der Waals surface area contributed by atoms with E-state index in [1.165, 1.54) is 25.3 Å². The number of carbonyl (C=O) groups excluding carboxylic acids is 2. The highest BCUT2D eigenvalue weighted by Gasteiger charge is 2.30. The van der Waals surface area contributed by atoms with Gasteiger partial charge in [0.1, 0.15) is 11.8 Å². The van der Waals surface area contributed by atoms with Crippen LogP contribution >= 0.6 is 12.8 Å². The molecule has 34 heavy (non-hydrogen) atoms. The van der Waals surface area contributed by atoms with Crippen molar-refractivity contribution >= 4 is 41.8 Å². The predicted octanol–water partition coefficient (Wildman–Crippen LogP) is 5.28. The lowest BCUT2D eigenvalue weighted by atomic mass is 10.1. The molecule has 0 spiro atoms. The molecular weight excluding hydrogens is 456 g/mol. The second-order valence-electron chi connectivity index (χ2n) is 7.60. The number of benzene rings is 3. The molecule has 1 atom stereocenters. The number of urea groups is 1. The number of nitrogens with zero attached hydrogens (tertiary/aromatic N) is 2. The Morgan fingerprint density at radius 1 is 1.00 bits per heavy atom. The van der Waals surface area contributed by atoms with Gasteiger partial charge in [-0.3, -0.25) is 19.2 Å². The first-order valence-corrected chi connectivity index (χ1v) is 10.6. The monoisotopic (exact) mass is 480 g/mol. The molecule has 0 bridgehead atoms. The number of anilines is 2. The van der Waals surface area contributed by atoms with Crippen molar-refractivity contribution in [2.45, 2.75) is 19.9 Å². The second-order valence-corrected chi connectivity index (χ2v) is 8.03. The summed E-state index contributed by atoms with van der Waals surface area (Å²) in [7, 11) is 1.37. The SMILES string of the molecule is COc1ccc([N+](=O)[O-])cc1NC(=O)N(S)C(C(=O)Nc1cc(C)cc(C)c1)c1ccccc1. The number of hydrogen-bond donors (Lipinski definition) is 3. The molecule has 1 unspecified atom stereocenters. The fourth-order valence-electron chi connectivity index (χ4n) is 3.49. The molecule has 9 nitrogen and oxygen atoms in total. The van der Waals surface area contributed by atoms with Gasteiger partial charge >= 0.3 is 6.03 Å². The number of amides is 3. The normalized spacial score (nSPS) is 11.3. The zero-order valence-electron chi connectivity index (χ0n) is 18.8. The predicted molar refractivity (Wildman–Crippen MR) is 133 cm³/mol. The summed E-state index contributed by atoms with van der Waals surface area (Å²) in [6.45, 7) is 3.84. The first-order chi connectivity index (χ1) is 16.2. The molecule has 0 radical (unpaired) electrons. The van der Waals surface area contributed by atoms with Gasteiger partial charge in [0, 0.05) is 17.8 Å². The van der Waals surface area contributed by atoms with Gasteiger partial charge in [0.2, 0.25) is 0 Å². The van der Waals surface area contributed by atoms with Gasteiger partial charge in [-0.15, -0.1) is 0 Å². The number of rotatable bonds is 7. The largest absolute Gasteiger partial charge is 0.495 e. The standard InChI is InChI=1S/C24H24N4O5S/c1-15-11-16(2)13-18(12-15)25-23(29)22(17-7-5-4-6-8-17)27(34)24(30)26-20-14-19(28(31)32)9-10-21(20)33-3/h4-14,22,34H,1-3H3,(H,25,29)(H,26,30). The van der Waals surface area contributed by atoms with E-state index in [0.29, 0.717) is 11.3 Å². The zero-order chi connectivity index (χ0) is 24.8. The molecule has 176 valence electrons. The minimum Gasteiger partial charge on any atom is -0.495 e. The average molecular weight is 481 g/mol. The highest BCUT2D eigenvalue weighted by molar-refractivity contribution is 7.78. The van der Waals surface area contributed by atoms with Crippen LogP contribution in [0.15, 0.2) is 66.7 Å². The Morgan fingerprint density at radius 2 is 1.65 bits per heavy atom. The minimum atomic E-state index is -1.10. The lowest BCUT2D eigenvalue weighted by Gasteiger charge is -2.27. The van der Waals surface area contributed by atoms with E-state index in [4.69, 9.17) is 4.74 Å². The minimum absolute atomic E-state index is 0.0716. The van der Waals surface area contributed by atoms with Crippen LogP contribution in [-0.2, 0) is 4.79 Å². The van der Waals surface area contributed by atoms with E-state index in [1.807, 2.05) is 32.0 Å². The Kier molecular flexibility index (Phi) is 7.75. The van der Waals surface area contributed by atoms with Crippen molar-refractivity contribution in [3.8, 4) is 5.75 Å². The molecule has 0 saturated carbocycles. The Bertz CT molecular complexity index is 1200. The molecule has 3 aromatic carbocycles. The van der Waals surface area contributed by atoms with Gasteiger partial charge in [-0.2, -0.15) is 0 Å². The van der Waals surface area contributed by atoms with E-state index in [-0.39, 0.29) is 17.1 Å². The third-order valence-corrected chi connectivity index (χ3v) is 5.35. The van der Waals surface area contributed by atoms with Gasteiger partial charge in [-0.25, -0.2) is 4.79 Å². The number of non-ortho nitro benzene ring substituents is 1. The fourth-order valence-corrected chi connectivity index (χ4v) is 3.78. The number of methoxy groups -OCH3 is 1. The van der Waals surface area contributed by atoms with Crippen LogP contribution in [-0.4, -0.2) is 28.3 Å². The average Bonchev–Trinajstić information content (AvgIpc) is 2.79. The maximum atomic E-state index is 13.3. The van der Waals surface area contributed by atoms with E-state index in [9.17, 15) is 19.7 Å². The highest BCUT2D eigenvalue weighted by atomic mass is 32.1. The number of thiol groups is 1. The van der Waals surface area contributed by atoms with E-state index in [1.54, 1.807) is 30.3 Å². The van der Waals surface area contributed by atoms with Gasteiger partial charge in [-0.1, -0.05) is 49.2 Å². The lowest BCUT2D eigenvalue weighted by Crippen LogP contribution is -2.38. The van der Waals surface area contributed by atoms with Crippen LogP contribution in [0.5, 0.6) is 5.75 Å². The molecule has 0 aromatic heterocycles. The van der Waals surface area contributed by atoms with E-state index in [0.717, 1.165) is 15.4 Å². The highest BCUT2D eigenvalue weighted by Crippen LogP contribution is 2.31. The van der Waals surface area contributed by atoms with E-state index in [2.05, 4.69) is 23.4 Å². The van der Waals surface area contributed by atoms with Crippen LogP contribution in [0, 0.1) is 24.0 Å². The molecule has 0 fully saturated rings. The van der Waals surface area contributed by atoms with E-state index >= 15 is 0 Å². The van der Waals surface area contributed by atoms with Crippen molar-refractivity contribution in [2.75, 3.05) is 17.7 Å². The van der Waals surface area contributed by atoms with Crippen LogP contribution in [0.25, 0.3) is 0 Å². The van der Waals surface area contributed by atoms with Gasteiger partial charge in [0.05, 0.1) is 17.7 Å². The molecule has 3 amide bonds. The smallest absolute Gasteiger partial charge is 0.332 e. The number of nitrogens with one attached hydrogen (secondary N) is 2. The number of nitro benzene ring substituents is 1. The van der Waals surface area contributed by atoms with Crippen LogP contribution in [0.1, 0.15) is 22.7 Å². The Hall–Kier alpha value is -4.05. The summed E-state index contributed by atoms with van der Waals surface area (Å²) in [6, 6.07) is 16.3. The zero-order valence-corrected chi connectivity index (χ0v) is 19.7. The van der Waals surface area contributed by atoms with Crippen molar-refractivity contribution in [3.05, 3.63) is 93.5 Å². The number of hydrogen-bond acceptors (Lipinski definition) is 6. The van der Waals surface area contributed by atoms with Crippen LogP contribution in [0.2, 0.25) is 0 Å². The molecule has 0 saturated heterocycles. The molecule has 10 heteroatoms. The number of nitro groups is 1. The Balaban J connectivity index is 1.91. The first kappa shape index (κ1) is 24.6. The number of carbonyl (C=O) groups is 2. The topological polar surface area (TPSA) is 114 Å². The van der Waals surface area contributed by atoms with Crippen molar-refractivity contribution < 1.29 is 19.2 Å². The first-order valence-electron chi connectivity index (χ1n) is 10.2. The van der Waals surface area contributed by atoms with Crippen molar-refractivity contribution in [3.63, 3.8) is 0 Å². The Labute approximate surface area is 202 Å². The summed E-state index contributed by atoms with van der Waals surface area (Å²) in [6.07, 6.45) is 0. The van der Waals surface area contributed by atoms with Crippen molar-refractivity contribution in [1.29, 1.82) is 0 Å². The summed E-state index contributed by atoms with van der Waals surface area (Å²) >= 11 is 4.32. The molecule has 0 aliphatic carbocycles. The number of aryl methyl sites for hydroxylation is 2. The summed E-state index contributed by atoms with van der Waals surface area (Å²) in [4.78, 5) is 36.9. The van der Waals surface area contributed by atoms with Gasteiger partial charge in [-0.05, 0) is 48.7 Å². The maximum absolute atomic E-state index is 13.3. The molecule has 3 rings (SSSR count). The van der Waals surface area contributed by atoms with Crippen LogP contribution in [0.4, 0.5) is 21.9 Å². The third kappa shape index (κ3) is 5.84. The number of ether oxygens (including phenoxy) is 1. The molecule has 2 N–H and O–H groups in total. The summed E-state index contributed by atoms with van der Waals surface area (Å²) in [5, 5.41) is 16.5. The van der Waals surface area contributed by atoms with Crippen LogP contribution in [0.3, 0.4) is 0 Å². The molecule has 0 heterocycles. The van der Waals surface area contributed by atoms with Gasteiger partial charge in [0.15, 0.2) is 0 Å². The molecule has 3 aromatic rings. The van der Waals surface area contributed by atoms with Gasteiger partial charge < -0.3 is 15.4 Å². The second kappa shape index (κ2) is 10.7. The maximum Gasteiger partial charge on any atom is 0.332 e. The van der Waals surface area contributed by atoms with Crippen LogP contribution < -0.4 is 15.4 Å². The molecule has 0 aliphatic heterocycles. The lowest BCUT2D eigenvalue weighted by molar-refractivity contribution is -0.384. The van der Waals surface area contributed by atoms with Crippen molar-refractivity contribution in [1.82, 2.24) is 4.31 Å². The molecule has 0 aliphatic rings. The van der Waals surface area contributed by atoms with E-state index < -0.39 is 22.9 Å². The Morgan fingerprint density at radius 3 is 2.24 bits per heavy atom. The summed E-state index contributed by atoms with van der Waals surface area (Å²) in [5.41, 5.74) is 2.91. The third-order valence-electron chi connectivity index (χ3n) is 4.94.